The van der Waals surface area contributed by atoms with E-state index in [9.17, 15) is 9.90 Å². The standard InChI is InChI=1S/C20H25NO3/c1-20(2,24-19(21)23)13-16(14-22)12-15-8-10-18(11-9-15)17-6-4-3-5-7-17/h3-11,16,22H,12-14H2,1-2H3,(H2,21,23). The number of aliphatic hydroxyl groups is 1. The predicted molar refractivity (Wildman–Crippen MR) is 95.5 cm³/mol. The summed E-state index contributed by atoms with van der Waals surface area (Å²) in [4.78, 5) is 11.0. The first-order chi connectivity index (χ1) is 11.4. The minimum Gasteiger partial charge on any atom is -0.444 e. The normalized spacial score (nSPS) is 12.6. The van der Waals surface area contributed by atoms with Gasteiger partial charge in [0.1, 0.15) is 5.60 Å². The van der Waals surface area contributed by atoms with Gasteiger partial charge < -0.3 is 15.6 Å². The van der Waals surface area contributed by atoms with E-state index in [0.29, 0.717) is 6.42 Å². The van der Waals surface area contributed by atoms with Gasteiger partial charge in [-0.15, -0.1) is 0 Å². The second-order valence-electron chi connectivity index (χ2n) is 6.70. The minimum atomic E-state index is -0.788. The van der Waals surface area contributed by atoms with Crippen LogP contribution in [0.25, 0.3) is 11.1 Å². The highest BCUT2D eigenvalue weighted by molar-refractivity contribution is 5.65. The lowest BCUT2D eigenvalue weighted by atomic mass is 9.88. The van der Waals surface area contributed by atoms with Crippen LogP contribution in [0.1, 0.15) is 25.8 Å². The molecule has 0 aromatic heterocycles. The van der Waals surface area contributed by atoms with Gasteiger partial charge in [-0.1, -0.05) is 54.6 Å². The Kier molecular flexibility index (Phi) is 5.99. The van der Waals surface area contributed by atoms with Crippen molar-refractivity contribution in [1.29, 1.82) is 0 Å². The summed E-state index contributed by atoms with van der Waals surface area (Å²) >= 11 is 0. The van der Waals surface area contributed by atoms with Crippen molar-refractivity contribution in [2.24, 2.45) is 11.7 Å². The molecule has 2 aromatic rings. The number of nitrogens with two attached hydrogens (primary N) is 1. The molecule has 0 saturated heterocycles. The number of benzene rings is 2. The molecule has 0 heterocycles. The number of carbonyl (C=O) groups is 1. The Balaban J connectivity index is 2.02. The van der Waals surface area contributed by atoms with E-state index >= 15 is 0 Å². The average Bonchev–Trinajstić information content (AvgIpc) is 2.54. The Morgan fingerprint density at radius 2 is 1.67 bits per heavy atom. The number of amides is 1. The van der Waals surface area contributed by atoms with Gasteiger partial charge >= 0.3 is 6.09 Å². The number of primary amides is 1. The number of aliphatic hydroxyl groups excluding tert-OH is 1. The summed E-state index contributed by atoms with van der Waals surface area (Å²) in [5.41, 5.74) is 7.89. The molecule has 4 heteroatoms. The summed E-state index contributed by atoms with van der Waals surface area (Å²) in [5, 5.41) is 9.65. The first-order valence-corrected chi connectivity index (χ1v) is 8.13. The maximum absolute atomic E-state index is 11.0. The van der Waals surface area contributed by atoms with Crippen molar-refractivity contribution in [2.75, 3.05) is 6.61 Å². The largest absolute Gasteiger partial charge is 0.444 e. The van der Waals surface area contributed by atoms with E-state index in [1.807, 2.05) is 18.2 Å². The van der Waals surface area contributed by atoms with E-state index in [2.05, 4.69) is 36.4 Å². The van der Waals surface area contributed by atoms with E-state index in [0.717, 1.165) is 17.5 Å². The van der Waals surface area contributed by atoms with Crippen molar-refractivity contribution in [2.45, 2.75) is 32.3 Å². The fourth-order valence-electron chi connectivity index (χ4n) is 3.01. The molecule has 2 rings (SSSR count). The van der Waals surface area contributed by atoms with Gasteiger partial charge in [0.05, 0.1) is 0 Å². The van der Waals surface area contributed by atoms with Crippen molar-refractivity contribution in [3.63, 3.8) is 0 Å². The van der Waals surface area contributed by atoms with Crippen LogP contribution in [-0.2, 0) is 11.2 Å². The maximum atomic E-state index is 11.0. The third-order valence-electron chi connectivity index (χ3n) is 4.00. The lowest BCUT2D eigenvalue weighted by molar-refractivity contribution is 0.0185. The Labute approximate surface area is 143 Å². The molecular weight excluding hydrogens is 302 g/mol. The quantitative estimate of drug-likeness (QED) is 0.813. The van der Waals surface area contributed by atoms with E-state index < -0.39 is 11.7 Å². The van der Waals surface area contributed by atoms with Gasteiger partial charge in [0.25, 0.3) is 0 Å². The Hall–Kier alpha value is -2.33. The van der Waals surface area contributed by atoms with Crippen LogP contribution in [0.5, 0.6) is 0 Å². The van der Waals surface area contributed by atoms with Crippen LogP contribution >= 0.6 is 0 Å². The van der Waals surface area contributed by atoms with Gasteiger partial charge in [-0.3, -0.25) is 0 Å². The zero-order chi connectivity index (χ0) is 17.6. The lowest BCUT2D eigenvalue weighted by Gasteiger charge is -2.28. The summed E-state index contributed by atoms with van der Waals surface area (Å²) < 4.78 is 5.11. The van der Waals surface area contributed by atoms with Crippen molar-refractivity contribution < 1.29 is 14.6 Å². The van der Waals surface area contributed by atoms with Gasteiger partial charge in [0.15, 0.2) is 0 Å². The fourth-order valence-corrected chi connectivity index (χ4v) is 3.01. The molecule has 0 radical (unpaired) electrons. The molecule has 0 saturated carbocycles. The number of hydrogen-bond donors (Lipinski definition) is 2. The molecule has 128 valence electrons. The van der Waals surface area contributed by atoms with Gasteiger partial charge in [0.2, 0.25) is 0 Å². The molecule has 0 bridgehead atoms. The number of rotatable bonds is 7. The molecule has 0 aliphatic carbocycles. The van der Waals surface area contributed by atoms with Crippen LogP contribution in [0.2, 0.25) is 0 Å². The van der Waals surface area contributed by atoms with Crippen LogP contribution in [-0.4, -0.2) is 23.4 Å². The summed E-state index contributed by atoms with van der Waals surface area (Å²) in [6.07, 6.45) is 0.480. The molecule has 24 heavy (non-hydrogen) atoms. The smallest absolute Gasteiger partial charge is 0.405 e. The molecule has 1 amide bonds. The van der Waals surface area contributed by atoms with E-state index in [4.69, 9.17) is 10.5 Å². The third-order valence-corrected chi connectivity index (χ3v) is 4.00. The predicted octanol–water partition coefficient (Wildman–Crippen LogP) is 3.77. The topological polar surface area (TPSA) is 72.6 Å². The number of ether oxygens (including phenoxy) is 1. The van der Waals surface area contributed by atoms with Crippen LogP contribution in [0.3, 0.4) is 0 Å². The lowest BCUT2D eigenvalue weighted by Crippen LogP contribution is -2.34. The van der Waals surface area contributed by atoms with Crippen LogP contribution in [0, 0.1) is 5.92 Å². The summed E-state index contributed by atoms with van der Waals surface area (Å²) in [7, 11) is 0. The Morgan fingerprint density at radius 3 is 2.21 bits per heavy atom. The average molecular weight is 327 g/mol. The molecular formula is C20H25NO3. The monoisotopic (exact) mass is 327 g/mol. The highest BCUT2D eigenvalue weighted by atomic mass is 16.6. The molecule has 1 unspecified atom stereocenters. The summed E-state index contributed by atoms with van der Waals surface area (Å²) in [6.45, 7) is 3.64. The maximum Gasteiger partial charge on any atom is 0.405 e. The molecule has 4 nitrogen and oxygen atoms in total. The first-order valence-electron chi connectivity index (χ1n) is 8.13. The Morgan fingerprint density at radius 1 is 1.08 bits per heavy atom. The number of carbonyl (C=O) groups excluding carboxylic acids is 1. The van der Waals surface area contributed by atoms with E-state index in [-0.39, 0.29) is 12.5 Å². The van der Waals surface area contributed by atoms with Crippen LogP contribution in [0.4, 0.5) is 4.79 Å². The molecule has 2 aromatic carbocycles. The van der Waals surface area contributed by atoms with Gasteiger partial charge in [-0.2, -0.15) is 0 Å². The highest BCUT2D eigenvalue weighted by Gasteiger charge is 2.26. The van der Waals surface area contributed by atoms with Crippen LogP contribution in [0.15, 0.2) is 54.6 Å². The van der Waals surface area contributed by atoms with Crippen molar-refractivity contribution >= 4 is 6.09 Å². The fraction of sp³-hybridized carbons (Fsp3) is 0.350. The zero-order valence-electron chi connectivity index (χ0n) is 14.2. The molecule has 0 aliphatic rings. The first kappa shape index (κ1) is 18.0. The number of hydrogen-bond acceptors (Lipinski definition) is 3. The molecule has 1 atom stereocenters. The van der Waals surface area contributed by atoms with Crippen molar-refractivity contribution in [3.05, 3.63) is 60.2 Å². The minimum absolute atomic E-state index is 0.00178. The molecule has 3 N–H and O–H groups in total. The molecule has 0 spiro atoms. The molecule has 0 fully saturated rings. The summed E-state index contributed by atoms with van der Waals surface area (Å²) in [6, 6.07) is 18.5. The van der Waals surface area contributed by atoms with Gasteiger partial charge in [-0.25, -0.2) is 4.79 Å². The summed E-state index contributed by atoms with van der Waals surface area (Å²) in [5.74, 6) is 0.00178. The van der Waals surface area contributed by atoms with E-state index in [1.54, 1.807) is 13.8 Å². The van der Waals surface area contributed by atoms with Crippen LogP contribution < -0.4 is 5.73 Å². The molecule has 0 aliphatic heterocycles. The zero-order valence-corrected chi connectivity index (χ0v) is 14.2. The second-order valence-corrected chi connectivity index (χ2v) is 6.70. The van der Waals surface area contributed by atoms with E-state index in [1.165, 1.54) is 5.56 Å². The third kappa shape index (κ3) is 5.39. The SMILES string of the molecule is CC(C)(CC(CO)Cc1ccc(-c2ccccc2)cc1)OC(N)=O. The highest BCUT2D eigenvalue weighted by Crippen LogP contribution is 2.25. The van der Waals surface area contributed by atoms with Crippen molar-refractivity contribution in [1.82, 2.24) is 0 Å². The van der Waals surface area contributed by atoms with Gasteiger partial charge in [0, 0.05) is 6.61 Å². The second kappa shape index (κ2) is 7.97. The van der Waals surface area contributed by atoms with Gasteiger partial charge in [-0.05, 0) is 49.3 Å². The van der Waals surface area contributed by atoms with Crippen molar-refractivity contribution in [3.8, 4) is 11.1 Å². The Bertz CT molecular complexity index is 650.